The van der Waals surface area contributed by atoms with Crippen LogP contribution in [-0.2, 0) is 0 Å². The predicted molar refractivity (Wildman–Crippen MR) is 69.9 cm³/mol. The van der Waals surface area contributed by atoms with Crippen LogP contribution in [0.3, 0.4) is 0 Å². The number of aromatic nitrogens is 5. The Kier molecular flexibility index (Phi) is 2.79. The molecule has 8 heteroatoms. The zero-order chi connectivity index (χ0) is 13.4. The second kappa shape index (κ2) is 4.47. The molecule has 19 heavy (non-hydrogen) atoms. The van der Waals surface area contributed by atoms with Crippen molar-refractivity contribution in [3.63, 3.8) is 0 Å². The molecule has 3 heterocycles. The van der Waals surface area contributed by atoms with Crippen LogP contribution in [0, 0.1) is 6.92 Å². The molecule has 0 amide bonds. The predicted octanol–water partition coefficient (Wildman–Crippen LogP) is 1.68. The summed E-state index contributed by atoms with van der Waals surface area (Å²) < 4.78 is 7.39. The van der Waals surface area contributed by atoms with Crippen molar-refractivity contribution < 1.29 is 4.42 Å². The van der Waals surface area contributed by atoms with Gasteiger partial charge in [-0.1, -0.05) is 0 Å². The maximum atomic E-state index is 11.0. The third-order valence-corrected chi connectivity index (χ3v) is 2.89. The first-order valence-electron chi connectivity index (χ1n) is 5.38. The van der Waals surface area contributed by atoms with E-state index in [1.807, 2.05) is 13.0 Å². The van der Waals surface area contributed by atoms with Crippen molar-refractivity contribution in [3.05, 3.63) is 45.1 Å². The normalized spacial score (nSPS) is 10.8. The Balaban J connectivity index is 2.16. The number of rotatable bonds is 2. The van der Waals surface area contributed by atoms with Crippen molar-refractivity contribution in [2.75, 3.05) is 0 Å². The molecular formula is C11H8BrN5O2. The second-order valence-electron chi connectivity index (χ2n) is 3.84. The number of aryl methyl sites for hydroxylation is 1. The van der Waals surface area contributed by atoms with Gasteiger partial charge >= 0.3 is 5.76 Å². The smallest absolute Gasteiger partial charge is 0.386 e. The zero-order valence-electron chi connectivity index (χ0n) is 9.79. The minimum absolute atomic E-state index is 0.176. The van der Waals surface area contributed by atoms with E-state index in [2.05, 4.69) is 36.2 Å². The number of H-pyrrole nitrogens is 1. The van der Waals surface area contributed by atoms with Crippen LogP contribution in [0.15, 0.2) is 38.1 Å². The molecule has 0 aliphatic carbocycles. The Morgan fingerprint density at radius 3 is 2.89 bits per heavy atom. The molecule has 0 unspecified atom stereocenters. The van der Waals surface area contributed by atoms with E-state index >= 15 is 0 Å². The Bertz CT molecular complexity index is 771. The molecule has 0 saturated heterocycles. The van der Waals surface area contributed by atoms with Crippen LogP contribution in [0.25, 0.3) is 17.4 Å². The third kappa shape index (κ3) is 2.22. The standard InChI is InChI=1S/C11H8BrN5O2/c1-6-4-8(10-14-15-11(18)19-10)17(16-6)9-3-2-7(12)5-13-9/h2-5H,1H3,(H,15,18). The van der Waals surface area contributed by atoms with Gasteiger partial charge in [-0.15, -0.1) is 5.10 Å². The fourth-order valence-electron chi connectivity index (χ4n) is 1.66. The van der Waals surface area contributed by atoms with E-state index in [0.717, 1.165) is 10.2 Å². The van der Waals surface area contributed by atoms with Crippen LogP contribution >= 0.6 is 15.9 Å². The summed E-state index contributed by atoms with van der Waals surface area (Å²) in [6.45, 7) is 1.84. The molecule has 0 fully saturated rings. The van der Waals surface area contributed by atoms with E-state index in [0.29, 0.717) is 11.5 Å². The fourth-order valence-corrected chi connectivity index (χ4v) is 1.89. The van der Waals surface area contributed by atoms with Crippen LogP contribution in [0.5, 0.6) is 0 Å². The van der Waals surface area contributed by atoms with Gasteiger partial charge in [-0.3, -0.25) is 0 Å². The molecular weight excluding hydrogens is 314 g/mol. The number of pyridine rings is 1. The summed E-state index contributed by atoms with van der Waals surface area (Å²) in [5, 5.41) is 10.3. The Labute approximate surface area is 115 Å². The lowest BCUT2D eigenvalue weighted by atomic mass is 10.3. The van der Waals surface area contributed by atoms with Gasteiger partial charge in [-0.2, -0.15) is 5.10 Å². The van der Waals surface area contributed by atoms with Crippen LogP contribution < -0.4 is 5.76 Å². The summed E-state index contributed by atoms with van der Waals surface area (Å²) in [6, 6.07) is 5.41. The number of hydrogen-bond donors (Lipinski definition) is 1. The maximum absolute atomic E-state index is 11.0. The van der Waals surface area contributed by atoms with E-state index in [-0.39, 0.29) is 5.89 Å². The molecule has 7 nitrogen and oxygen atoms in total. The highest BCUT2D eigenvalue weighted by Gasteiger charge is 2.15. The summed E-state index contributed by atoms with van der Waals surface area (Å²) in [7, 11) is 0. The summed E-state index contributed by atoms with van der Waals surface area (Å²) in [5.41, 5.74) is 1.33. The molecule has 0 saturated carbocycles. The van der Waals surface area contributed by atoms with E-state index in [4.69, 9.17) is 4.42 Å². The Morgan fingerprint density at radius 2 is 2.26 bits per heavy atom. The number of nitrogens with one attached hydrogen (secondary N) is 1. The van der Waals surface area contributed by atoms with Crippen LogP contribution in [0.4, 0.5) is 0 Å². The van der Waals surface area contributed by atoms with Gasteiger partial charge in [0.1, 0.15) is 5.69 Å². The highest BCUT2D eigenvalue weighted by Crippen LogP contribution is 2.20. The van der Waals surface area contributed by atoms with Gasteiger partial charge in [0.2, 0.25) is 0 Å². The molecule has 0 bridgehead atoms. The number of hydrogen-bond acceptors (Lipinski definition) is 5. The minimum atomic E-state index is -0.607. The van der Waals surface area contributed by atoms with Gasteiger partial charge in [0.25, 0.3) is 5.89 Å². The van der Waals surface area contributed by atoms with Gasteiger partial charge in [0, 0.05) is 10.7 Å². The number of halogens is 1. The lowest BCUT2D eigenvalue weighted by Crippen LogP contribution is -2.01. The monoisotopic (exact) mass is 321 g/mol. The molecule has 0 radical (unpaired) electrons. The van der Waals surface area contributed by atoms with Gasteiger partial charge in [0.15, 0.2) is 5.82 Å². The average molecular weight is 322 g/mol. The number of aromatic amines is 1. The van der Waals surface area contributed by atoms with Crippen molar-refractivity contribution in [2.24, 2.45) is 0 Å². The van der Waals surface area contributed by atoms with Crippen molar-refractivity contribution in [3.8, 4) is 17.4 Å². The van der Waals surface area contributed by atoms with Crippen molar-refractivity contribution >= 4 is 15.9 Å². The topological polar surface area (TPSA) is 89.6 Å². The Hall–Kier alpha value is -2.22. The molecule has 1 N–H and O–H groups in total. The average Bonchev–Trinajstić information content (AvgIpc) is 2.96. The van der Waals surface area contributed by atoms with Gasteiger partial charge in [-0.25, -0.2) is 19.6 Å². The minimum Gasteiger partial charge on any atom is -0.386 e. The molecule has 0 spiro atoms. The van der Waals surface area contributed by atoms with Crippen molar-refractivity contribution in [2.45, 2.75) is 6.92 Å². The first-order valence-corrected chi connectivity index (χ1v) is 6.17. The van der Waals surface area contributed by atoms with E-state index in [9.17, 15) is 4.79 Å². The van der Waals surface area contributed by atoms with Gasteiger partial charge in [0.05, 0.1) is 5.69 Å². The maximum Gasteiger partial charge on any atom is 0.434 e. The van der Waals surface area contributed by atoms with E-state index in [1.165, 1.54) is 0 Å². The van der Waals surface area contributed by atoms with Gasteiger partial charge in [-0.05, 0) is 41.1 Å². The summed E-state index contributed by atoms with van der Waals surface area (Å²) in [6.07, 6.45) is 1.66. The summed E-state index contributed by atoms with van der Waals surface area (Å²) in [4.78, 5) is 15.3. The van der Waals surface area contributed by atoms with Crippen LogP contribution in [0.2, 0.25) is 0 Å². The summed E-state index contributed by atoms with van der Waals surface area (Å²) >= 11 is 3.32. The third-order valence-electron chi connectivity index (χ3n) is 2.42. The first-order chi connectivity index (χ1) is 9.13. The van der Waals surface area contributed by atoms with Gasteiger partial charge < -0.3 is 4.42 Å². The van der Waals surface area contributed by atoms with Crippen LogP contribution in [-0.4, -0.2) is 25.0 Å². The lowest BCUT2D eigenvalue weighted by molar-refractivity contribution is 0.522. The quantitative estimate of drug-likeness (QED) is 0.775. The molecule has 0 atom stereocenters. The molecule has 96 valence electrons. The first kappa shape index (κ1) is 11.8. The zero-order valence-corrected chi connectivity index (χ0v) is 11.4. The molecule has 0 aromatic carbocycles. The molecule has 3 aromatic rings. The fraction of sp³-hybridized carbons (Fsp3) is 0.0909. The molecule has 3 aromatic heterocycles. The largest absolute Gasteiger partial charge is 0.434 e. The van der Waals surface area contributed by atoms with Crippen molar-refractivity contribution in [1.29, 1.82) is 0 Å². The lowest BCUT2D eigenvalue weighted by Gasteiger charge is -2.03. The highest BCUT2D eigenvalue weighted by atomic mass is 79.9. The Morgan fingerprint density at radius 1 is 1.42 bits per heavy atom. The molecule has 3 rings (SSSR count). The van der Waals surface area contributed by atoms with E-state index in [1.54, 1.807) is 23.0 Å². The summed E-state index contributed by atoms with van der Waals surface area (Å²) in [5.74, 6) is 0.177. The van der Waals surface area contributed by atoms with Crippen LogP contribution in [0.1, 0.15) is 5.69 Å². The number of nitrogens with zero attached hydrogens (tertiary/aromatic N) is 4. The SMILES string of the molecule is Cc1cc(-c2n[nH]c(=O)o2)n(-c2ccc(Br)cn2)n1. The van der Waals surface area contributed by atoms with Crippen molar-refractivity contribution in [1.82, 2.24) is 25.0 Å². The highest BCUT2D eigenvalue weighted by molar-refractivity contribution is 9.10. The second-order valence-corrected chi connectivity index (χ2v) is 4.75. The van der Waals surface area contributed by atoms with E-state index < -0.39 is 5.76 Å². The molecule has 0 aliphatic rings. The molecule has 0 aliphatic heterocycles.